The number of carbonyl (C=O) groups excluding carboxylic acids is 2. The minimum Gasteiger partial charge on any atom is -0.295 e. The van der Waals surface area contributed by atoms with E-state index >= 15 is 0 Å². The van der Waals surface area contributed by atoms with E-state index in [2.05, 4.69) is 0 Å². The summed E-state index contributed by atoms with van der Waals surface area (Å²) in [4.78, 5) is 23.1. The third kappa shape index (κ3) is 4.94. The summed E-state index contributed by atoms with van der Waals surface area (Å²) in [7, 11) is 3.09. The Labute approximate surface area is 114 Å². The molecule has 0 atom stereocenters. The van der Waals surface area contributed by atoms with Gasteiger partial charge in [0.05, 0.1) is 8.47 Å². The van der Waals surface area contributed by atoms with E-state index in [1.54, 1.807) is 33.7 Å². The average molecular weight is 288 g/mol. The maximum Gasteiger partial charge on any atom is 0.162 e. The van der Waals surface area contributed by atoms with Crippen LogP contribution in [0, 0.1) is 5.41 Å². The predicted molar refractivity (Wildman–Crippen MR) is 78.7 cm³/mol. The van der Waals surface area contributed by atoms with Crippen molar-refractivity contribution in [2.45, 2.75) is 34.1 Å². The second-order valence-electron chi connectivity index (χ2n) is 4.63. The van der Waals surface area contributed by atoms with Crippen LogP contribution in [0.15, 0.2) is 20.6 Å². The van der Waals surface area contributed by atoms with Gasteiger partial charge < -0.3 is 0 Å². The molecule has 0 aliphatic carbocycles. The smallest absolute Gasteiger partial charge is 0.162 e. The van der Waals surface area contributed by atoms with Crippen LogP contribution in [-0.2, 0) is 9.59 Å². The summed E-state index contributed by atoms with van der Waals surface area (Å²) < 4.78 is 1.93. The lowest BCUT2D eigenvalue weighted by atomic mass is 9.91. The summed E-state index contributed by atoms with van der Waals surface area (Å²) in [6.07, 6.45) is 3.86. The summed E-state index contributed by atoms with van der Waals surface area (Å²) in [6, 6.07) is 0. The largest absolute Gasteiger partial charge is 0.295 e. The molecule has 0 amide bonds. The third-order valence-corrected chi connectivity index (χ3v) is 6.27. The molecule has 5 heteroatoms. The highest BCUT2D eigenvalue weighted by molar-refractivity contribution is 8.86. The Hall–Kier alpha value is -0.130. The number of allylic oxidation sites excluding steroid dienone is 2. The fraction of sp³-hybridized carbons (Fsp3) is 0.500. The van der Waals surface area contributed by atoms with E-state index in [4.69, 9.17) is 0 Å². The lowest BCUT2D eigenvalue weighted by molar-refractivity contribution is -0.121. The molecule has 1 saturated heterocycles. The summed E-state index contributed by atoms with van der Waals surface area (Å²) in [6.45, 7) is 7.56. The van der Waals surface area contributed by atoms with Crippen molar-refractivity contribution in [2.24, 2.45) is 5.41 Å². The molecule has 0 aromatic rings. The molecule has 2 nitrogen and oxygen atoms in total. The molecule has 1 aliphatic heterocycles. The average Bonchev–Trinajstić information content (AvgIpc) is 2.64. The Balaban J connectivity index is 2.68. The van der Waals surface area contributed by atoms with E-state index in [-0.39, 0.29) is 17.0 Å². The van der Waals surface area contributed by atoms with Crippen molar-refractivity contribution in [3.05, 3.63) is 20.6 Å². The van der Waals surface area contributed by atoms with Gasteiger partial charge in [0.15, 0.2) is 11.6 Å². The molecule has 0 radical (unpaired) electrons. The van der Waals surface area contributed by atoms with Crippen molar-refractivity contribution in [1.82, 2.24) is 0 Å². The van der Waals surface area contributed by atoms with Crippen LogP contribution in [-0.4, -0.2) is 11.6 Å². The van der Waals surface area contributed by atoms with Crippen LogP contribution < -0.4 is 0 Å². The first kappa shape index (κ1) is 14.9. The zero-order valence-electron chi connectivity index (χ0n) is 10.4. The topological polar surface area (TPSA) is 34.1 Å². The zero-order valence-corrected chi connectivity index (χ0v) is 12.9. The van der Waals surface area contributed by atoms with Gasteiger partial charge in [0.25, 0.3) is 0 Å². The van der Waals surface area contributed by atoms with Crippen LogP contribution in [0.4, 0.5) is 0 Å². The molecule has 0 aromatic heterocycles. The highest BCUT2D eigenvalue weighted by Crippen LogP contribution is 2.56. The highest BCUT2D eigenvalue weighted by atomic mass is 33.1. The molecule has 17 heavy (non-hydrogen) atoms. The fourth-order valence-electron chi connectivity index (χ4n) is 0.879. The van der Waals surface area contributed by atoms with Gasteiger partial charge in [-0.2, -0.15) is 0 Å². The molecule has 1 heterocycles. The summed E-state index contributed by atoms with van der Waals surface area (Å²) in [5.74, 6) is 0.250. The van der Waals surface area contributed by atoms with Gasteiger partial charge >= 0.3 is 0 Å². The lowest BCUT2D eigenvalue weighted by Crippen LogP contribution is -2.17. The van der Waals surface area contributed by atoms with E-state index in [0.717, 1.165) is 8.47 Å². The van der Waals surface area contributed by atoms with E-state index in [9.17, 15) is 9.59 Å². The Kier molecular flexibility index (Phi) is 5.41. The lowest BCUT2D eigenvalue weighted by Gasteiger charge is -2.13. The van der Waals surface area contributed by atoms with Crippen LogP contribution in [0.25, 0.3) is 0 Å². The Morgan fingerprint density at radius 2 is 1.65 bits per heavy atom. The van der Waals surface area contributed by atoms with Crippen molar-refractivity contribution >= 4 is 44.9 Å². The third-order valence-electron chi connectivity index (χ3n) is 2.02. The van der Waals surface area contributed by atoms with Crippen molar-refractivity contribution in [3.63, 3.8) is 0 Å². The number of rotatable bonds is 3. The number of carbonyl (C=O) groups is 2. The molecule has 1 rings (SSSR count). The first-order chi connectivity index (χ1) is 7.82. The molecule has 1 aliphatic rings. The first-order valence-corrected chi connectivity index (χ1v) is 8.32. The quantitative estimate of drug-likeness (QED) is 0.568. The van der Waals surface area contributed by atoms with Gasteiger partial charge in [-0.1, -0.05) is 39.5 Å². The fourth-order valence-corrected chi connectivity index (χ4v) is 4.91. The molecule has 0 unspecified atom stereocenters. The molecule has 94 valence electrons. The van der Waals surface area contributed by atoms with Crippen molar-refractivity contribution < 1.29 is 9.59 Å². The van der Waals surface area contributed by atoms with Crippen molar-refractivity contribution in [2.75, 3.05) is 0 Å². The van der Waals surface area contributed by atoms with Gasteiger partial charge in [-0.15, -0.1) is 0 Å². The van der Waals surface area contributed by atoms with E-state index in [1.165, 1.54) is 11.8 Å². The van der Waals surface area contributed by atoms with Crippen molar-refractivity contribution in [1.29, 1.82) is 0 Å². The molecule has 0 spiro atoms. The Morgan fingerprint density at radius 1 is 1.12 bits per heavy atom. The predicted octanol–water partition coefficient (Wildman–Crippen LogP) is 4.39. The molecule has 0 saturated carbocycles. The van der Waals surface area contributed by atoms with Crippen LogP contribution in [0.1, 0.15) is 34.1 Å². The van der Waals surface area contributed by atoms with Gasteiger partial charge in [0.2, 0.25) is 0 Å². The molecule has 0 aromatic carbocycles. The number of hydrogen-bond acceptors (Lipinski definition) is 5. The number of hydrogen-bond donors (Lipinski definition) is 0. The molecular formula is C12H16O2S3. The minimum absolute atomic E-state index is 0.121. The summed E-state index contributed by atoms with van der Waals surface area (Å²) in [5, 5.41) is 0. The van der Waals surface area contributed by atoms with Gasteiger partial charge in [0, 0.05) is 24.0 Å². The molecule has 0 N–H and O–H groups in total. The minimum atomic E-state index is -0.343. The maximum atomic E-state index is 11.8. The van der Waals surface area contributed by atoms with Gasteiger partial charge in [-0.3, -0.25) is 9.59 Å². The van der Waals surface area contributed by atoms with Crippen LogP contribution in [0.3, 0.4) is 0 Å². The Bertz CT molecular complexity index is 389. The monoisotopic (exact) mass is 288 g/mol. The number of thioether (sulfide) groups is 1. The van der Waals surface area contributed by atoms with Crippen LogP contribution in [0.5, 0.6) is 0 Å². The SMILES string of the molecule is CCC(=O)/C=C1\SS/C(=C\C(=O)C(C)(C)C)S1. The van der Waals surface area contributed by atoms with E-state index < -0.39 is 0 Å². The summed E-state index contributed by atoms with van der Waals surface area (Å²) in [5.41, 5.74) is -0.343. The number of ketones is 2. The van der Waals surface area contributed by atoms with Gasteiger partial charge in [-0.25, -0.2) is 0 Å². The van der Waals surface area contributed by atoms with Crippen LogP contribution >= 0.6 is 33.3 Å². The maximum absolute atomic E-state index is 11.8. The molecule has 1 fully saturated rings. The molecule has 0 bridgehead atoms. The highest BCUT2D eigenvalue weighted by Gasteiger charge is 2.23. The van der Waals surface area contributed by atoms with Gasteiger partial charge in [-0.05, 0) is 21.6 Å². The van der Waals surface area contributed by atoms with Crippen molar-refractivity contribution in [3.8, 4) is 0 Å². The zero-order chi connectivity index (χ0) is 13.1. The first-order valence-electron chi connectivity index (χ1n) is 5.36. The summed E-state index contributed by atoms with van der Waals surface area (Å²) >= 11 is 1.51. The van der Waals surface area contributed by atoms with E-state index in [0.29, 0.717) is 6.42 Å². The molecular weight excluding hydrogens is 272 g/mol. The van der Waals surface area contributed by atoms with E-state index in [1.807, 2.05) is 27.7 Å². The second kappa shape index (κ2) is 6.16. The second-order valence-corrected chi connectivity index (χ2v) is 8.44. The normalized spacial score (nSPS) is 21.2. The van der Waals surface area contributed by atoms with Gasteiger partial charge in [0.1, 0.15) is 0 Å². The standard InChI is InChI=1S/C12H16O2S3/c1-5-8(13)6-10-15-11(17-16-10)7-9(14)12(2,3)4/h6-7H,5H2,1-4H3/b10-6-,11-7-. The van der Waals surface area contributed by atoms with Crippen LogP contribution in [0.2, 0.25) is 0 Å². The Morgan fingerprint density at radius 3 is 2.12 bits per heavy atom.